The first-order valence-corrected chi connectivity index (χ1v) is 3.68. The Morgan fingerprint density at radius 1 is 1.46 bits per heavy atom. The Hall–Kier alpha value is -1.84. The van der Waals surface area contributed by atoms with Crippen LogP contribution in [0.15, 0.2) is 18.3 Å². The van der Waals surface area contributed by atoms with Gasteiger partial charge >= 0.3 is 0 Å². The summed E-state index contributed by atoms with van der Waals surface area (Å²) in [7, 11) is 0. The van der Waals surface area contributed by atoms with Crippen molar-refractivity contribution in [2.24, 2.45) is 0 Å². The second kappa shape index (κ2) is 2.58. The third-order valence-corrected chi connectivity index (χ3v) is 1.93. The summed E-state index contributed by atoms with van der Waals surface area (Å²) in [6.07, 6.45) is 2.04. The highest BCUT2D eigenvalue weighted by Crippen LogP contribution is 2.25. The summed E-state index contributed by atoms with van der Waals surface area (Å²) in [6, 6.07) is 2.71. The fraction of sp³-hybridized carbons (Fsp3) is 0. The zero-order valence-electron chi connectivity index (χ0n) is 6.54. The van der Waals surface area contributed by atoms with Crippen LogP contribution in [0.4, 0.5) is 4.39 Å². The highest BCUT2D eigenvalue weighted by molar-refractivity contribution is 5.97. The molecule has 0 aliphatic heterocycles. The molecule has 13 heavy (non-hydrogen) atoms. The van der Waals surface area contributed by atoms with Crippen molar-refractivity contribution in [3.05, 3.63) is 29.7 Å². The molecule has 0 spiro atoms. The van der Waals surface area contributed by atoms with E-state index in [-0.39, 0.29) is 5.52 Å². The highest BCUT2D eigenvalue weighted by Gasteiger charge is 2.10. The predicted molar refractivity (Wildman–Crippen MR) is 45.3 cm³/mol. The number of aromatic nitrogens is 1. The molecule has 0 aliphatic rings. The number of aldehydes is 1. The van der Waals surface area contributed by atoms with Gasteiger partial charge in [-0.3, -0.25) is 4.79 Å². The summed E-state index contributed by atoms with van der Waals surface area (Å²) in [5.41, 5.74) is 0.538. The molecule has 2 N–H and O–H groups in total. The Balaban J connectivity index is 2.88. The van der Waals surface area contributed by atoms with E-state index in [4.69, 9.17) is 5.11 Å². The summed E-state index contributed by atoms with van der Waals surface area (Å²) in [5.74, 6) is -1.16. The van der Waals surface area contributed by atoms with E-state index in [1.165, 1.54) is 18.3 Å². The van der Waals surface area contributed by atoms with Gasteiger partial charge in [0.2, 0.25) is 0 Å². The maximum absolute atomic E-state index is 13.2. The molecule has 0 fully saturated rings. The molecule has 1 aromatic heterocycles. The van der Waals surface area contributed by atoms with E-state index < -0.39 is 11.6 Å². The van der Waals surface area contributed by atoms with E-state index in [1.54, 1.807) is 0 Å². The minimum Gasteiger partial charge on any atom is -0.505 e. The molecule has 3 nitrogen and oxygen atoms in total. The fourth-order valence-corrected chi connectivity index (χ4v) is 1.27. The minimum absolute atomic E-state index is 0.155. The smallest absolute Gasteiger partial charge is 0.188 e. The molecule has 0 bridgehead atoms. The topological polar surface area (TPSA) is 53.1 Å². The van der Waals surface area contributed by atoms with Gasteiger partial charge in [-0.1, -0.05) is 0 Å². The molecule has 0 saturated heterocycles. The second-order valence-electron chi connectivity index (χ2n) is 2.68. The number of benzene rings is 1. The number of rotatable bonds is 1. The van der Waals surface area contributed by atoms with Gasteiger partial charge in [0.25, 0.3) is 0 Å². The van der Waals surface area contributed by atoms with Crippen LogP contribution in [0.1, 0.15) is 10.4 Å². The molecule has 0 radical (unpaired) electrons. The Morgan fingerprint density at radius 2 is 2.23 bits per heavy atom. The van der Waals surface area contributed by atoms with E-state index in [9.17, 15) is 9.18 Å². The summed E-state index contributed by atoms with van der Waals surface area (Å²) in [5, 5.41) is 9.49. The number of phenolic OH excluding ortho intramolecular Hbond substituents is 1. The third kappa shape index (κ3) is 0.989. The van der Waals surface area contributed by atoms with Crippen molar-refractivity contribution in [1.82, 2.24) is 4.98 Å². The number of hydrogen-bond donors (Lipinski definition) is 2. The van der Waals surface area contributed by atoms with Gasteiger partial charge in [0.05, 0.1) is 5.52 Å². The van der Waals surface area contributed by atoms with Crippen LogP contribution in [0.3, 0.4) is 0 Å². The van der Waals surface area contributed by atoms with Crippen LogP contribution in [-0.2, 0) is 0 Å². The van der Waals surface area contributed by atoms with Crippen molar-refractivity contribution >= 4 is 17.2 Å². The number of aromatic hydroxyl groups is 1. The van der Waals surface area contributed by atoms with Crippen molar-refractivity contribution in [1.29, 1.82) is 0 Å². The van der Waals surface area contributed by atoms with Gasteiger partial charge in [-0.05, 0) is 12.1 Å². The van der Waals surface area contributed by atoms with Crippen LogP contribution in [0, 0.1) is 5.82 Å². The maximum Gasteiger partial charge on any atom is 0.188 e. The largest absolute Gasteiger partial charge is 0.505 e. The van der Waals surface area contributed by atoms with Crippen molar-refractivity contribution < 1.29 is 14.3 Å². The number of carbonyl (C=O) groups is 1. The Bertz CT molecular complexity index is 476. The quantitative estimate of drug-likeness (QED) is 0.656. The molecule has 0 amide bonds. The lowest BCUT2D eigenvalue weighted by Crippen LogP contribution is -1.80. The molecular weight excluding hydrogens is 173 g/mol. The molecule has 1 aromatic carbocycles. The number of H-pyrrole nitrogens is 1. The first-order chi connectivity index (χ1) is 6.24. The molecular formula is C9H6FNO2. The van der Waals surface area contributed by atoms with Crippen molar-refractivity contribution in [2.75, 3.05) is 0 Å². The third-order valence-electron chi connectivity index (χ3n) is 1.93. The number of nitrogens with one attached hydrogen (secondary N) is 1. The molecule has 2 aromatic rings. The normalized spacial score (nSPS) is 10.5. The van der Waals surface area contributed by atoms with Gasteiger partial charge < -0.3 is 10.1 Å². The van der Waals surface area contributed by atoms with Crippen molar-refractivity contribution in [2.45, 2.75) is 0 Å². The minimum atomic E-state index is -0.731. The van der Waals surface area contributed by atoms with Crippen LogP contribution in [0.25, 0.3) is 10.9 Å². The lowest BCUT2D eigenvalue weighted by molar-refractivity contribution is 0.112. The van der Waals surface area contributed by atoms with Gasteiger partial charge in [0.1, 0.15) is 0 Å². The van der Waals surface area contributed by atoms with Gasteiger partial charge in [-0.15, -0.1) is 0 Å². The summed E-state index contributed by atoms with van der Waals surface area (Å²) in [4.78, 5) is 13.1. The van der Waals surface area contributed by atoms with Crippen LogP contribution in [0.2, 0.25) is 0 Å². The van der Waals surface area contributed by atoms with E-state index in [0.717, 1.165) is 0 Å². The number of carbonyl (C=O) groups excluding carboxylic acids is 1. The Morgan fingerprint density at radius 3 is 2.92 bits per heavy atom. The summed E-state index contributed by atoms with van der Waals surface area (Å²) < 4.78 is 13.2. The molecule has 1 heterocycles. The van der Waals surface area contributed by atoms with E-state index in [0.29, 0.717) is 17.2 Å². The first-order valence-electron chi connectivity index (χ1n) is 3.68. The molecule has 4 heteroatoms. The van der Waals surface area contributed by atoms with Crippen LogP contribution >= 0.6 is 0 Å². The van der Waals surface area contributed by atoms with Crippen LogP contribution in [-0.4, -0.2) is 16.4 Å². The first kappa shape index (κ1) is 7.79. The van der Waals surface area contributed by atoms with Crippen molar-refractivity contribution in [3.63, 3.8) is 0 Å². The average molecular weight is 179 g/mol. The molecule has 0 unspecified atom stereocenters. The molecule has 0 aliphatic carbocycles. The molecule has 2 rings (SSSR count). The van der Waals surface area contributed by atoms with E-state index in [2.05, 4.69) is 4.98 Å². The van der Waals surface area contributed by atoms with Gasteiger partial charge in [-0.25, -0.2) is 4.39 Å². The number of aromatic amines is 1. The predicted octanol–water partition coefficient (Wildman–Crippen LogP) is 1.83. The monoisotopic (exact) mass is 179 g/mol. The number of halogens is 1. The molecule has 0 atom stereocenters. The van der Waals surface area contributed by atoms with Crippen molar-refractivity contribution in [3.8, 4) is 5.75 Å². The van der Waals surface area contributed by atoms with Gasteiger partial charge in [-0.2, -0.15) is 0 Å². The zero-order valence-corrected chi connectivity index (χ0v) is 6.54. The van der Waals surface area contributed by atoms with Gasteiger partial charge in [0, 0.05) is 17.1 Å². The number of phenols is 1. The SMILES string of the molecule is O=Cc1c[nH]c2c(F)c(O)ccc12. The highest BCUT2D eigenvalue weighted by atomic mass is 19.1. The Labute approximate surface area is 72.8 Å². The van der Waals surface area contributed by atoms with Gasteiger partial charge in [0.15, 0.2) is 17.9 Å². The van der Waals surface area contributed by atoms with Crippen LogP contribution < -0.4 is 0 Å². The zero-order chi connectivity index (χ0) is 9.42. The summed E-state index contributed by atoms with van der Waals surface area (Å²) in [6.45, 7) is 0. The molecule has 66 valence electrons. The lowest BCUT2D eigenvalue weighted by atomic mass is 10.2. The lowest BCUT2D eigenvalue weighted by Gasteiger charge is -1.95. The molecule has 0 saturated carbocycles. The summed E-state index contributed by atoms with van der Waals surface area (Å²) >= 11 is 0. The van der Waals surface area contributed by atoms with Crippen LogP contribution in [0.5, 0.6) is 5.75 Å². The average Bonchev–Trinajstić information content (AvgIpc) is 2.55. The maximum atomic E-state index is 13.2. The van der Waals surface area contributed by atoms with E-state index in [1.807, 2.05) is 0 Å². The fourth-order valence-electron chi connectivity index (χ4n) is 1.27. The Kier molecular flexibility index (Phi) is 1.55. The standard InChI is InChI=1S/C9H6FNO2/c10-8-7(13)2-1-6-5(4-12)3-11-9(6)8/h1-4,11,13H. The van der Waals surface area contributed by atoms with E-state index >= 15 is 0 Å². The second-order valence-corrected chi connectivity index (χ2v) is 2.68. The number of fused-ring (bicyclic) bond motifs is 1. The number of hydrogen-bond acceptors (Lipinski definition) is 2.